The van der Waals surface area contributed by atoms with Crippen LogP contribution in [0.1, 0.15) is 19.4 Å². The normalized spacial score (nSPS) is 16.0. The number of hydrogen-bond donors (Lipinski definition) is 0. The quantitative estimate of drug-likeness (QED) is 0.659. The lowest BCUT2D eigenvalue weighted by molar-refractivity contribution is 0.159. The summed E-state index contributed by atoms with van der Waals surface area (Å²) in [4.78, 5) is 13.3. The molecule has 28 heavy (non-hydrogen) atoms. The molecule has 0 amide bonds. The zero-order chi connectivity index (χ0) is 19.5. The molecule has 0 N–H and O–H groups in total. The van der Waals surface area contributed by atoms with E-state index in [1.165, 1.54) is 13.4 Å². The molecule has 1 aromatic heterocycles. The van der Waals surface area contributed by atoms with E-state index in [0.717, 1.165) is 5.56 Å². The van der Waals surface area contributed by atoms with Gasteiger partial charge in [-0.25, -0.2) is 0 Å². The highest BCUT2D eigenvalue weighted by atomic mass is 16.7. The van der Waals surface area contributed by atoms with Crippen molar-refractivity contribution in [2.75, 3.05) is 13.9 Å². The van der Waals surface area contributed by atoms with Crippen LogP contribution in [0.2, 0.25) is 0 Å². The van der Waals surface area contributed by atoms with Crippen molar-refractivity contribution in [2.24, 2.45) is 0 Å². The summed E-state index contributed by atoms with van der Waals surface area (Å²) in [7, 11) is 1.53. The first-order chi connectivity index (χ1) is 13.5. The molecule has 2 aliphatic heterocycles. The Labute approximate surface area is 160 Å². The molecule has 0 unspecified atom stereocenters. The first-order valence-corrected chi connectivity index (χ1v) is 8.92. The minimum absolute atomic E-state index is 0.121. The van der Waals surface area contributed by atoms with Crippen molar-refractivity contribution in [1.82, 2.24) is 0 Å². The summed E-state index contributed by atoms with van der Waals surface area (Å²) in [6, 6.07) is 7.07. The molecule has 0 saturated heterocycles. The molecule has 6 heteroatoms. The summed E-state index contributed by atoms with van der Waals surface area (Å²) in [5.41, 5.74) is 1.69. The molecule has 5 rings (SSSR count). The molecule has 142 valence electrons. The SMILES string of the molecule is COc1c(-c2coc3c4c(ccc3c2=O)OC(C)(C)C=C4)ccc2c1OCO2. The topological polar surface area (TPSA) is 67.1 Å². The molecule has 0 atom stereocenters. The van der Waals surface area contributed by atoms with Crippen LogP contribution >= 0.6 is 0 Å². The van der Waals surface area contributed by atoms with Gasteiger partial charge in [0.1, 0.15) is 23.2 Å². The third kappa shape index (κ3) is 2.37. The zero-order valence-corrected chi connectivity index (χ0v) is 15.7. The number of rotatable bonds is 2. The Kier molecular flexibility index (Phi) is 3.46. The third-order valence-electron chi connectivity index (χ3n) is 4.95. The van der Waals surface area contributed by atoms with Gasteiger partial charge >= 0.3 is 0 Å². The van der Waals surface area contributed by atoms with Crippen molar-refractivity contribution in [3.63, 3.8) is 0 Å². The number of hydrogen-bond acceptors (Lipinski definition) is 6. The molecule has 3 aromatic rings. The van der Waals surface area contributed by atoms with Crippen LogP contribution in [0.15, 0.2) is 45.8 Å². The number of benzene rings is 2. The van der Waals surface area contributed by atoms with E-state index in [1.54, 1.807) is 24.3 Å². The summed E-state index contributed by atoms with van der Waals surface area (Å²) in [5, 5.41) is 0.476. The number of ether oxygens (including phenoxy) is 4. The molecule has 6 nitrogen and oxygen atoms in total. The Morgan fingerprint density at radius 2 is 1.86 bits per heavy atom. The molecule has 0 aliphatic carbocycles. The average molecular weight is 378 g/mol. The lowest BCUT2D eigenvalue weighted by atomic mass is 9.99. The summed E-state index contributed by atoms with van der Waals surface area (Å²) < 4.78 is 28.3. The summed E-state index contributed by atoms with van der Waals surface area (Å²) in [5.74, 6) is 2.22. The van der Waals surface area contributed by atoms with Crippen molar-refractivity contribution >= 4 is 17.0 Å². The van der Waals surface area contributed by atoms with E-state index < -0.39 is 5.60 Å². The van der Waals surface area contributed by atoms with Gasteiger partial charge in [-0.1, -0.05) is 0 Å². The standard InChI is InChI=1S/C22H18O6/c1-22(2)9-8-13-16(28-22)6-5-14-18(23)15(10-25-19(13)14)12-4-7-17-21(20(12)24-3)27-11-26-17/h4-10H,11H2,1-3H3. The fourth-order valence-corrected chi connectivity index (χ4v) is 3.60. The Morgan fingerprint density at radius 1 is 1.04 bits per heavy atom. The highest BCUT2D eigenvalue weighted by Crippen LogP contribution is 2.46. The number of fused-ring (bicyclic) bond motifs is 4. The third-order valence-corrected chi connectivity index (χ3v) is 4.95. The van der Waals surface area contributed by atoms with Crippen molar-refractivity contribution in [3.05, 3.63) is 52.4 Å². The first-order valence-electron chi connectivity index (χ1n) is 8.92. The predicted molar refractivity (Wildman–Crippen MR) is 104 cm³/mol. The first kappa shape index (κ1) is 16.7. The zero-order valence-electron chi connectivity index (χ0n) is 15.7. The van der Waals surface area contributed by atoms with Crippen LogP contribution in [0.25, 0.3) is 28.2 Å². The highest BCUT2D eigenvalue weighted by Gasteiger charge is 2.27. The maximum Gasteiger partial charge on any atom is 0.231 e. The molecule has 0 fully saturated rings. The maximum absolute atomic E-state index is 13.3. The minimum Gasteiger partial charge on any atom is -0.492 e. The monoisotopic (exact) mass is 378 g/mol. The lowest BCUT2D eigenvalue weighted by Gasteiger charge is -2.27. The van der Waals surface area contributed by atoms with E-state index in [-0.39, 0.29) is 12.2 Å². The van der Waals surface area contributed by atoms with Gasteiger partial charge in [0, 0.05) is 5.56 Å². The maximum atomic E-state index is 13.3. The van der Waals surface area contributed by atoms with E-state index in [2.05, 4.69) is 0 Å². The smallest absolute Gasteiger partial charge is 0.231 e. The summed E-state index contributed by atoms with van der Waals surface area (Å²) >= 11 is 0. The van der Waals surface area contributed by atoms with Crippen molar-refractivity contribution in [3.8, 4) is 34.1 Å². The molecule has 0 radical (unpaired) electrons. The van der Waals surface area contributed by atoms with Crippen LogP contribution < -0.4 is 24.4 Å². The van der Waals surface area contributed by atoms with Gasteiger partial charge in [-0.05, 0) is 50.3 Å². The molecular weight excluding hydrogens is 360 g/mol. The van der Waals surface area contributed by atoms with Crippen LogP contribution in [0.4, 0.5) is 0 Å². The van der Waals surface area contributed by atoms with Gasteiger partial charge in [-0.2, -0.15) is 0 Å². The molecule has 0 bridgehead atoms. The Balaban J connectivity index is 1.72. The van der Waals surface area contributed by atoms with Crippen molar-refractivity contribution < 1.29 is 23.4 Å². The Hall–Kier alpha value is -3.41. The molecule has 2 aliphatic rings. The fourth-order valence-electron chi connectivity index (χ4n) is 3.60. The van der Waals surface area contributed by atoms with Crippen molar-refractivity contribution in [1.29, 1.82) is 0 Å². The summed E-state index contributed by atoms with van der Waals surface area (Å²) in [6.45, 7) is 4.07. The van der Waals surface area contributed by atoms with Gasteiger partial charge in [0.2, 0.25) is 18.0 Å². The molecule has 3 heterocycles. The molecule has 0 saturated carbocycles. The highest BCUT2D eigenvalue weighted by molar-refractivity contribution is 5.92. The van der Waals surface area contributed by atoms with Crippen LogP contribution in [-0.4, -0.2) is 19.5 Å². The van der Waals surface area contributed by atoms with Crippen LogP contribution in [-0.2, 0) is 0 Å². The Morgan fingerprint density at radius 3 is 2.68 bits per heavy atom. The lowest BCUT2D eigenvalue weighted by Crippen LogP contribution is -2.27. The van der Waals surface area contributed by atoms with Crippen LogP contribution in [0.5, 0.6) is 23.0 Å². The Bertz CT molecular complexity index is 1200. The van der Waals surface area contributed by atoms with Gasteiger partial charge in [-0.3, -0.25) is 4.79 Å². The van der Waals surface area contributed by atoms with E-state index in [0.29, 0.717) is 45.1 Å². The van der Waals surface area contributed by atoms with E-state index in [4.69, 9.17) is 23.4 Å². The molecule has 2 aromatic carbocycles. The van der Waals surface area contributed by atoms with Gasteiger partial charge in [0.05, 0.1) is 23.6 Å². The van der Waals surface area contributed by atoms with Gasteiger partial charge in [0.25, 0.3) is 0 Å². The predicted octanol–water partition coefficient (Wildman–Crippen LogP) is 4.38. The van der Waals surface area contributed by atoms with Gasteiger partial charge in [0.15, 0.2) is 11.5 Å². The minimum atomic E-state index is -0.402. The second-order valence-electron chi connectivity index (χ2n) is 7.25. The molecular formula is C22H18O6. The molecule has 0 spiro atoms. The van der Waals surface area contributed by atoms with Crippen LogP contribution in [0, 0.1) is 0 Å². The number of methoxy groups -OCH3 is 1. The van der Waals surface area contributed by atoms with E-state index in [9.17, 15) is 4.79 Å². The van der Waals surface area contributed by atoms with Crippen molar-refractivity contribution in [2.45, 2.75) is 19.4 Å². The fraction of sp³-hybridized carbons (Fsp3) is 0.227. The second kappa shape index (κ2) is 5.79. The van der Waals surface area contributed by atoms with Gasteiger partial charge in [-0.15, -0.1) is 0 Å². The van der Waals surface area contributed by atoms with Gasteiger partial charge < -0.3 is 23.4 Å². The average Bonchev–Trinajstić information content (AvgIpc) is 3.15. The van der Waals surface area contributed by atoms with E-state index in [1.807, 2.05) is 26.0 Å². The largest absolute Gasteiger partial charge is 0.492 e. The van der Waals surface area contributed by atoms with Crippen LogP contribution in [0.3, 0.4) is 0 Å². The summed E-state index contributed by atoms with van der Waals surface area (Å²) in [6.07, 6.45) is 5.34. The van der Waals surface area contributed by atoms with E-state index >= 15 is 0 Å². The second-order valence-corrected chi connectivity index (χ2v) is 7.25.